The summed E-state index contributed by atoms with van der Waals surface area (Å²) < 4.78 is 0. The molecule has 1 fully saturated rings. The van der Waals surface area contributed by atoms with Crippen molar-refractivity contribution >= 4 is 5.97 Å². The van der Waals surface area contributed by atoms with Crippen molar-refractivity contribution in [2.24, 2.45) is 5.92 Å². The third-order valence-electron chi connectivity index (χ3n) is 2.80. The van der Waals surface area contributed by atoms with E-state index in [-0.39, 0.29) is 6.10 Å². The lowest BCUT2D eigenvalue weighted by molar-refractivity contribution is -0.134. The van der Waals surface area contributed by atoms with Crippen LogP contribution < -0.4 is 0 Å². The Kier molecular flexibility index (Phi) is 8.38. The van der Waals surface area contributed by atoms with E-state index in [1.807, 2.05) is 0 Å². The normalized spacial score (nSPS) is 25.3. The van der Waals surface area contributed by atoms with E-state index >= 15 is 0 Å². The van der Waals surface area contributed by atoms with E-state index in [4.69, 9.17) is 9.90 Å². The smallest absolute Gasteiger partial charge is 0.300 e. The molecule has 0 heterocycles. The van der Waals surface area contributed by atoms with Crippen LogP contribution in [0.4, 0.5) is 0 Å². The molecule has 90 valence electrons. The zero-order valence-corrected chi connectivity index (χ0v) is 9.91. The Morgan fingerprint density at radius 3 is 2.33 bits per heavy atom. The maximum atomic E-state index is 9.60. The molecule has 1 aliphatic carbocycles. The van der Waals surface area contributed by atoms with Gasteiger partial charge in [0.15, 0.2) is 0 Å². The Morgan fingerprint density at radius 2 is 1.87 bits per heavy atom. The second-order valence-electron chi connectivity index (χ2n) is 4.27. The van der Waals surface area contributed by atoms with E-state index < -0.39 is 5.97 Å². The quantitative estimate of drug-likeness (QED) is 0.762. The van der Waals surface area contributed by atoms with Crippen molar-refractivity contribution in [1.82, 2.24) is 0 Å². The first-order valence-corrected chi connectivity index (χ1v) is 5.95. The van der Waals surface area contributed by atoms with Gasteiger partial charge in [0.05, 0.1) is 6.10 Å². The van der Waals surface area contributed by atoms with Gasteiger partial charge in [-0.2, -0.15) is 0 Å². The molecule has 0 spiro atoms. The van der Waals surface area contributed by atoms with Gasteiger partial charge in [0.25, 0.3) is 5.97 Å². The lowest BCUT2D eigenvalue weighted by Gasteiger charge is -2.27. The third-order valence-corrected chi connectivity index (χ3v) is 2.80. The minimum Gasteiger partial charge on any atom is -0.481 e. The highest BCUT2D eigenvalue weighted by atomic mass is 16.4. The van der Waals surface area contributed by atoms with Crippen LogP contribution in [0, 0.1) is 5.92 Å². The largest absolute Gasteiger partial charge is 0.481 e. The predicted molar refractivity (Wildman–Crippen MR) is 60.8 cm³/mol. The van der Waals surface area contributed by atoms with Crippen molar-refractivity contribution in [1.29, 1.82) is 0 Å². The third kappa shape index (κ3) is 8.43. The Hall–Kier alpha value is -0.570. The van der Waals surface area contributed by atoms with Gasteiger partial charge in [0.2, 0.25) is 0 Å². The topological polar surface area (TPSA) is 57.5 Å². The molecule has 0 bridgehead atoms. The molecule has 3 nitrogen and oxygen atoms in total. The summed E-state index contributed by atoms with van der Waals surface area (Å²) in [5.41, 5.74) is 0. The molecule has 1 aliphatic rings. The highest BCUT2D eigenvalue weighted by Crippen LogP contribution is 2.28. The van der Waals surface area contributed by atoms with Crippen LogP contribution in [0.2, 0.25) is 0 Å². The van der Waals surface area contributed by atoms with Gasteiger partial charge in [-0.1, -0.05) is 32.6 Å². The minimum atomic E-state index is -0.833. The van der Waals surface area contributed by atoms with Crippen LogP contribution in [0.1, 0.15) is 58.8 Å². The molecule has 2 N–H and O–H groups in total. The Balaban J connectivity index is 0.000000423. The van der Waals surface area contributed by atoms with E-state index in [2.05, 4.69) is 6.92 Å². The molecular formula is C12H24O3. The summed E-state index contributed by atoms with van der Waals surface area (Å²) >= 11 is 0. The molecule has 0 saturated heterocycles. The number of hydrogen-bond acceptors (Lipinski definition) is 2. The molecule has 3 heteroatoms. The standard InChI is InChI=1S/C10H20O.C2H4O2/c1-2-3-6-9-7-4-5-8-10(9)11;1-2(3)4/h9-11H,2-8H2,1H3;1H3,(H,3,4). The van der Waals surface area contributed by atoms with E-state index in [9.17, 15) is 5.11 Å². The maximum Gasteiger partial charge on any atom is 0.300 e. The first kappa shape index (κ1) is 14.4. The number of carboxylic acids is 1. The highest BCUT2D eigenvalue weighted by molar-refractivity contribution is 5.62. The minimum absolute atomic E-state index is 0.0234. The molecule has 0 amide bonds. The molecule has 1 saturated carbocycles. The fourth-order valence-electron chi connectivity index (χ4n) is 1.99. The molecular weight excluding hydrogens is 192 g/mol. The monoisotopic (exact) mass is 216 g/mol. The van der Waals surface area contributed by atoms with Crippen molar-refractivity contribution in [3.05, 3.63) is 0 Å². The van der Waals surface area contributed by atoms with E-state index in [0.717, 1.165) is 13.3 Å². The van der Waals surface area contributed by atoms with Crippen molar-refractivity contribution < 1.29 is 15.0 Å². The summed E-state index contributed by atoms with van der Waals surface area (Å²) in [5.74, 6) is -0.205. The number of hydrogen-bond donors (Lipinski definition) is 2. The lowest BCUT2D eigenvalue weighted by atomic mass is 9.83. The Bertz CT molecular complexity index is 164. The van der Waals surface area contributed by atoms with Crippen molar-refractivity contribution in [2.45, 2.75) is 64.9 Å². The summed E-state index contributed by atoms with van der Waals surface area (Å²) in [5, 5.41) is 17.0. The van der Waals surface area contributed by atoms with Crippen LogP contribution in [0.3, 0.4) is 0 Å². The molecule has 0 radical (unpaired) electrons. The Labute approximate surface area is 92.5 Å². The summed E-state index contributed by atoms with van der Waals surface area (Å²) in [6, 6.07) is 0. The van der Waals surface area contributed by atoms with Gasteiger partial charge in [0.1, 0.15) is 0 Å². The maximum absolute atomic E-state index is 9.60. The first-order chi connectivity index (χ1) is 7.07. The van der Waals surface area contributed by atoms with E-state index in [0.29, 0.717) is 5.92 Å². The molecule has 2 atom stereocenters. The molecule has 2 unspecified atom stereocenters. The van der Waals surface area contributed by atoms with Gasteiger partial charge in [0, 0.05) is 6.92 Å². The van der Waals surface area contributed by atoms with Crippen LogP contribution in [0.5, 0.6) is 0 Å². The summed E-state index contributed by atoms with van der Waals surface area (Å²) in [4.78, 5) is 9.00. The zero-order valence-electron chi connectivity index (χ0n) is 9.91. The SMILES string of the molecule is CC(=O)O.CCCCC1CCCCC1O. The molecule has 1 rings (SSSR count). The van der Waals surface area contributed by atoms with Crippen LogP contribution in [0.15, 0.2) is 0 Å². The van der Waals surface area contributed by atoms with Crippen LogP contribution in [-0.4, -0.2) is 22.3 Å². The molecule has 0 aliphatic heterocycles. The second-order valence-corrected chi connectivity index (χ2v) is 4.27. The number of carboxylic acid groups (broad SMARTS) is 1. The van der Waals surface area contributed by atoms with Gasteiger partial charge in [-0.3, -0.25) is 4.79 Å². The van der Waals surface area contributed by atoms with E-state index in [1.165, 1.54) is 38.5 Å². The zero-order chi connectivity index (χ0) is 11.7. The number of unbranched alkanes of at least 4 members (excludes halogenated alkanes) is 1. The summed E-state index contributed by atoms with van der Waals surface area (Å²) in [6.07, 6.45) is 8.73. The first-order valence-electron chi connectivity index (χ1n) is 5.95. The molecule has 0 aromatic rings. The number of carbonyl (C=O) groups is 1. The fraction of sp³-hybridized carbons (Fsp3) is 0.917. The highest BCUT2D eigenvalue weighted by Gasteiger charge is 2.21. The van der Waals surface area contributed by atoms with E-state index in [1.54, 1.807) is 0 Å². The Morgan fingerprint density at radius 1 is 1.33 bits per heavy atom. The number of aliphatic carboxylic acids is 1. The van der Waals surface area contributed by atoms with Crippen molar-refractivity contribution in [3.8, 4) is 0 Å². The molecule has 0 aromatic heterocycles. The van der Waals surface area contributed by atoms with Gasteiger partial charge >= 0.3 is 0 Å². The average molecular weight is 216 g/mol. The van der Waals surface area contributed by atoms with Crippen LogP contribution in [-0.2, 0) is 4.79 Å². The van der Waals surface area contributed by atoms with Gasteiger partial charge < -0.3 is 10.2 Å². The number of aliphatic hydroxyl groups excluding tert-OH is 1. The van der Waals surface area contributed by atoms with Crippen LogP contribution >= 0.6 is 0 Å². The van der Waals surface area contributed by atoms with Gasteiger partial charge in [-0.05, 0) is 25.2 Å². The van der Waals surface area contributed by atoms with Gasteiger partial charge in [-0.15, -0.1) is 0 Å². The fourth-order valence-corrected chi connectivity index (χ4v) is 1.99. The lowest BCUT2D eigenvalue weighted by Crippen LogP contribution is -2.24. The average Bonchev–Trinajstić information content (AvgIpc) is 2.16. The summed E-state index contributed by atoms with van der Waals surface area (Å²) in [7, 11) is 0. The van der Waals surface area contributed by atoms with Crippen molar-refractivity contribution in [3.63, 3.8) is 0 Å². The second kappa shape index (κ2) is 8.72. The summed E-state index contributed by atoms with van der Waals surface area (Å²) in [6.45, 7) is 3.30. The number of rotatable bonds is 3. The molecule has 0 aromatic carbocycles. The van der Waals surface area contributed by atoms with Crippen molar-refractivity contribution in [2.75, 3.05) is 0 Å². The number of aliphatic hydroxyl groups is 1. The predicted octanol–water partition coefficient (Wildman–Crippen LogP) is 2.82. The van der Waals surface area contributed by atoms with Gasteiger partial charge in [-0.25, -0.2) is 0 Å². The molecule has 15 heavy (non-hydrogen) atoms. The van der Waals surface area contributed by atoms with Crippen LogP contribution in [0.25, 0.3) is 0 Å².